The molecule has 1 rings (SSSR count). The predicted molar refractivity (Wildman–Crippen MR) is 63.6 cm³/mol. The molecule has 0 saturated heterocycles. The number of hydrogen-bond donors (Lipinski definition) is 1. The number of methoxy groups -OCH3 is 1. The van der Waals surface area contributed by atoms with Gasteiger partial charge in [-0.05, 0) is 12.5 Å². The minimum Gasteiger partial charge on any atom is -0.464 e. The van der Waals surface area contributed by atoms with Crippen molar-refractivity contribution in [2.75, 3.05) is 13.7 Å². The first kappa shape index (κ1) is 13.6. The number of ether oxygens (including phenoxy) is 1. The van der Waals surface area contributed by atoms with Crippen molar-refractivity contribution in [2.24, 2.45) is 11.7 Å². The number of hydrogen-bond acceptors (Lipinski definition) is 5. The van der Waals surface area contributed by atoms with Crippen molar-refractivity contribution in [1.82, 2.24) is 15.0 Å². The second-order valence-corrected chi connectivity index (χ2v) is 4.11. The van der Waals surface area contributed by atoms with Gasteiger partial charge in [-0.25, -0.2) is 9.48 Å². The van der Waals surface area contributed by atoms with Crippen molar-refractivity contribution in [3.8, 4) is 0 Å². The summed E-state index contributed by atoms with van der Waals surface area (Å²) in [7, 11) is 1.34. The summed E-state index contributed by atoms with van der Waals surface area (Å²) in [5.41, 5.74) is 6.58. The van der Waals surface area contributed by atoms with Crippen molar-refractivity contribution >= 4 is 5.97 Å². The average Bonchev–Trinajstić information content (AvgIpc) is 2.72. The van der Waals surface area contributed by atoms with Crippen LogP contribution in [0.25, 0.3) is 0 Å². The van der Waals surface area contributed by atoms with Gasteiger partial charge >= 0.3 is 5.97 Å². The van der Waals surface area contributed by atoms with Gasteiger partial charge in [0.25, 0.3) is 0 Å². The molecule has 0 fully saturated rings. The molecule has 1 aromatic rings. The van der Waals surface area contributed by atoms with Crippen LogP contribution >= 0.6 is 0 Å². The van der Waals surface area contributed by atoms with E-state index in [1.807, 2.05) is 0 Å². The maximum atomic E-state index is 11.5. The zero-order valence-electron chi connectivity index (χ0n) is 10.6. The smallest absolute Gasteiger partial charge is 0.360 e. The highest BCUT2D eigenvalue weighted by molar-refractivity contribution is 5.88. The van der Waals surface area contributed by atoms with Crippen LogP contribution < -0.4 is 5.73 Å². The maximum Gasteiger partial charge on any atom is 0.360 e. The first-order valence-electron chi connectivity index (χ1n) is 5.84. The molecule has 17 heavy (non-hydrogen) atoms. The van der Waals surface area contributed by atoms with Crippen LogP contribution in [0.15, 0.2) is 0 Å². The van der Waals surface area contributed by atoms with E-state index in [0.717, 1.165) is 18.7 Å². The molecule has 96 valence electrons. The van der Waals surface area contributed by atoms with E-state index < -0.39 is 5.97 Å². The molecule has 0 spiro atoms. The Balaban J connectivity index is 2.97. The van der Waals surface area contributed by atoms with Gasteiger partial charge < -0.3 is 10.5 Å². The highest BCUT2D eigenvalue weighted by Crippen LogP contribution is 2.11. The lowest BCUT2D eigenvalue weighted by molar-refractivity contribution is 0.0592. The van der Waals surface area contributed by atoms with E-state index in [1.54, 1.807) is 4.68 Å². The summed E-state index contributed by atoms with van der Waals surface area (Å²) in [6.07, 6.45) is 1.63. The second kappa shape index (κ2) is 6.34. The molecule has 6 heteroatoms. The summed E-state index contributed by atoms with van der Waals surface area (Å²) in [5, 5.41) is 7.88. The minimum absolute atomic E-state index is 0.279. The molecule has 0 bridgehead atoms. The van der Waals surface area contributed by atoms with E-state index in [1.165, 1.54) is 7.11 Å². The number of nitrogens with two attached hydrogens (primary N) is 1. The Hall–Kier alpha value is -1.43. The largest absolute Gasteiger partial charge is 0.464 e. The van der Waals surface area contributed by atoms with Gasteiger partial charge in [0.2, 0.25) is 0 Å². The highest BCUT2D eigenvalue weighted by atomic mass is 16.5. The van der Waals surface area contributed by atoms with Crippen LogP contribution in [0.1, 0.15) is 36.5 Å². The molecule has 0 aliphatic carbocycles. The standard InChI is InChI=1S/C11H20N4O2/c1-4-8(2)7-15-9(5-6-12)10(13-14-15)11(16)17-3/h8H,4-7,12H2,1-3H3. The molecule has 1 aromatic heterocycles. The molecule has 2 N–H and O–H groups in total. The van der Waals surface area contributed by atoms with E-state index in [9.17, 15) is 4.79 Å². The third kappa shape index (κ3) is 3.26. The number of carbonyl (C=O) groups is 1. The second-order valence-electron chi connectivity index (χ2n) is 4.11. The van der Waals surface area contributed by atoms with Crippen LogP contribution in [-0.4, -0.2) is 34.6 Å². The summed E-state index contributed by atoms with van der Waals surface area (Å²) in [5.74, 6) is 0.0302. The third-order valence-electron chi connectivity index (χ3n) is 2.78. The fourth-order valence-electron chi connectivity index (χ4n) is 1.54. The molecule has 0 amide bonds. The van der Waals surface area contributed by atoms with Gasteiger partial charge in [0, 0.05) is 13.0 Å². The number of esters is 1. The third-order valence-corrected chi connectivity index (χ3v) is 2.78. The maximum absolute atomic E-state index is 11.5. The van der Waals surface area contributed by atoms with Gasteiger partial charge in [-0.3, -0.25) is 0 Å². The molecule has 6 nitrogen and oxygen atoms in total. The lowest BCUT2D eigenvalue weighted by atomic mass is 10.1. The molecule has 0 aromatic carbocycles. The van der Waals surface area contributed by atoms with E-state index in [4.69, 9.17) is 5.73 Å². The molecule has 0 radical (unpaired) electrons. The molecular formula is C11H20N4O2. The molecule has 0 aliphatic rings. The zero-order valence-corrected chi connectivity index (χ0v) is 10.6. The lowest BCUT2D eigenvalue weighted by Crippen LogP contribution is -2.16. The Morgan fingerprint density at radius 2 is 2.29 bits per heavy atom. The van der Waals surface area contributed by atoms with Crippen LogP contribution in [-0.2, 0) is 17.7 Å². The van der Waals surface area contributed by atoms with Crippen molar-refractivity contribution in [3.63, 3.8) is 0 Å². The van der Waals surface area contributed by atoms with E-state index >= 15 is 0 Å². The Bertz CT molecular complexity index is 376. The van der Waals surface area contributed by atoms with Crippen LogP contribution in [0.5, 0.6) is 0 Å². The van der Waals surface area contributed by atoms with Crippen LogP contribution in [0, 0.1) is 5.92 Å². The van der Waals surface area contributed by atoms with Crippen molar-refractivity contribution < 1.29 is 9.53 Å². The minimum atomic E-state index is -0.455. The Morgan fingerprint density at radius 1 is 1.59 bits per heavy atom. The van der Waals surface area contributed by atoms with Crippen molar-refractivity contribution in [2.45, 2.75) is 33.2 Å². The summed E-state index contributed by atoms with van der Waals surface area (Å²) in [6.45, 7) is 5.45. The lowest BCUT2D eigenvalue weighted by Gasteiger charge is -2.10. The fraction of sp³-hybridized carbons (Fsp3) is 0.727. The van der Waals surface area contributed by atoms with E-state index in [2.05, 4.69) is 28.9 Å². The van der Waals surface area contributed by atoms with Gasteiger partial charge in [-0.2, -0.15) is 0 Å². The number of rotatable bonds is 6. The average molecular weight is 240 g/mol. The quantitative estimate of drug-likeness (QED) is 0.737. The van der Waals surface area contributed by atoms with Gasteiger partial charge in [0.1, 0.15) is 0 Å². The van der Waals surface area contributed by atoms with Crippen molar-refractivity contribution in [3.05, 3.63) is 11.4 Å². The van der Waals surface area contributed by atoms with E-state index in [-0.39, 0.29) is 5.69 Å². The molecule has 0 aliphatic heterocycles. The molecular weight excluding hydrogens is 220 g/mol. The van der Waals surface area contributed by atoms with Crippen LogP contribution in [0.2, 0.25) is 0 Å². The predicted octanol–water partition coefficient (Wildman–Crippen LogP) is 0.612. The summed E-state index contributed by atoms with van der Waals surface area (Å²) in [4.78, 5) is 11.5. The number of nitrogens with zero attached hydrogens (tertiary/aromatic N) is 3. The monoisotopic (exact) mass is 240 g/mol. The summed E-state index contributed by atoms with van der Waals surface area (Å²) in [6, 6.07) is 0. The van der Waals surface area contributed by atoms with Crippen LogP contribution in [0.3, 0.4) is 0 Å². The van der Waals surface area contributed by atoms with Crippen molar-refractivity contribution in [1.29, 1.82) is 0 Å². The fourth-order valence-corrected chi connectivity index (χ4v) is 1.54. The molecule has 1 unspecified atom stereocenters. The topological polar surface area (TPSA) is 83.0 Å². The van der Waals surface area contributed by atoms with Gasteiger partial charge in [0.05, 0.1) is 12.8 Å². The number of aromatic nitrogens is 3. The van der Waals surface area contributed by atoms with E-state index in [0.29, 0.717) is 18.9 Å². The first-order valence-corrected chi connectivity index (χ1v) is 5.84. The van der Waals surface area contributed by atoms with Crippen LogP contribution in [0.4, 0.5) is 0 Å². The molecule has 0 saturated carbocycles. The summed E-state index contributed by atoms with van der Waals surface area (Å²) < 4.78 is 6.43. The molecule has 1 atom stereocenters. The Morgan fingerprint density at radius 3 is 2.82 bits per heavy atom. The van der Waals surface area contributed by atoms with Gasteiger partial charge in [-0.1, -0.05) is 25.5 Å². The molecule has 1 heterocycles. The first-order chi connectivity index (χ1) is 8.13. The zero-order chi connectivity index (χ0) is 12.8. The SMILES string of the molecule is CCC(C)Cn1nnc(C(=O)OC)c1CCN. The highest BCUT2D eigenvalue weighted by Gasteiger charge is 2.20. The Kier molecular flexibility index (Phi) is 5.09. The van der Waals surface area contributed by atoms with Gasteiger partial charge in [-0.15, -0.1) is 5.10 Å². The van der Waals surface area contributed by atoms with Gasteiger partial charge in [0.15, 0.2) is 5.69 Å². The summed E-state index contributed by atoms with van der Waals surface area (Å²) >= 11 is 0. The normalized spacial score (nSPS) is 12.5. The Labute approximate surface area is 101 Å². The number of carbonyl (C=O) groups excluding carboxylic acids is 1.